The first kappa shape index (κ1) is 9.87. The summed E-state index contributed by atoms with van der Waals surface area (Å²) in [6.45, 7) is 2.02. The Kier molecular flexibility index (Phi) is 3.41. The first-order chi connectivity index (χ1) is 5.69. The van der Waals surface area contributed by atoms with Crippen LogP contribution in [0.15, 0.2) is 16.6 Å². The molecule has 0 aliphatic heterocycles. The molecule has 1 aromatic carbocycles. The van der Waals surface area contributed by atoms with E-state index >= 15 is 0 Å². The van der Waals surface area contributed by atoms with Crippen LogP contribution in [0.2, 0.25) is 0 Å². The molecule has 1 nitrogen and oxygen atoms in total. The highest BCUT2D eigenvalue weighted by Crippen LogP contribution is 2.27. The van der Waals surface area contributed by atoms with Gasteiger partial charge < -0.3 is 4.74 Å². The monoisotopic (exact) mass is 248 g/mol. The topological polar surface area (TPSA) is 9.23 Å². The average molecular weight is 250 g/mol. The van der Waals surface area contributed by atoms with E-state index in [0.717, 1.165) is 21.3 Å². The number of hydrogen-bond acceptors (Lipinski definition) is 1. The van der Waals surface area contributed by atoms with E-state index in [4.69, 9.17) is 16.3 Å². The highest BCUT2D eigenvalue weighted by Gasteiger charge is 2.04. The van der Waals surface area contributed by atoms with Gasteiger partial charge in [0.1, 0.15) is 5.75 Å². The molecule has 0 amide bonds. The van der Waals surface area contributed by atoms with E-state index in [9.17, 15) is 0 Å². The Hall–Kier alpha value is -0.210. The van der Waals surface area contributed by atoms with Gasteiger partial charge >= 0.3 is 0 Å². The Bertz CT molecular complexity index is 286. The third kappa shape index (κ3) is 1.93. The predicted octanol–water partition coefficient (Wildman–Crippen LogP) is 3.50. The largest absolute Gasteiger partial charge is 0.497 e. The summed E-state index contributed by atoms with van der Waals surface area (Å²) in [5.41, 5.74) is 2.21. The van der Waals surface area contributed by atoms with Gasteiger partial charge in [-0.25, -0.2) is 0 Å². The van der Waals surface area contributed by atoms with Gasteiger partial charge in [-0.3, -0.25) is 0 Å². The lowest BCUT2D eigenvalue weighted by Crippen LogP contribution is -1.89. The maximum atomic E-state index is 5.75. The van der Waals surface area contributed by atoms with Gasteiger partial charge in [0.05, 0.1) is 7.11 Å². The Labute approximate surface area is 85.8 Å². The van der Waals surface area contributed by atoms with Gasteiger partial charge in [0.15, 0.2) is 0 Å². The van der Waals surface area contributed by atoms with Crippen molar-refractivity contribution < 1.29 is 4.74 Å². The fourth-order valence-corrected chi connectivity index (χ4v) is 1.76. The van der Waals surface area contributed by atoms with Crippen molar-refractivity contribution in [1.82, 2.24) is 0 Å². The van der Waals surface area contributed by atoms with Crippen LogP contribution in [-0.4, -0.2) is 7.11 Å². The number of methoxy groups -OCH3 is 1. The fourth-order valence-electron chi connectivity index (χ4n) is 1.02. The molecule has 0 saturated carbocycles. The summed E-state index contributed by atoms with van der Waals surface area (Å²) in [6.07, 6.45) is 0. The van der Waals surface area contributed by atoms with Gasteiger partial charge in [0, 0.05) is 10.4 Å². The van der Waals surface area contributed by atoms with Crippen LogP contribution in [0.1, 0.15) is 11.1 Å². The Morgan fingerprint density at radius 2 is 2.17 bits per heavy atom. The molecule has 0 bridgehead atoms. The van der Waals surface area contributed by atoms with Crippen LogP contribution in [0.25, 0.3) is 0 Å². The smallest absolute Gasteiger partial charge is 0.119 e. The van der Waals surface area contributed by atoms with Crippen LogP contribution in [0.3, 0.4) is 0 Å². The molecule has 1 aromatic rings. The van der Waals surface area contributed by atoms with Crippen LogP contribution >= 0.6 is 27.5 Å². The van der Waals surface area contributed by atoms with Crippen molar-refractivity contribution in [2.45, 2.75) is 12.8 Å². The predicted molar refractivity (Wildman–Crippen MR) is 55.0 cm³/mol. The minimum Gasteiger partial charge on any atom is -0.497 e. The molecule has 0 radical (unpaired) electrons. The maximum Gasteiger partial charge on any atom is 0.119 e. The van der Waals surface area contributed by atoms with Crippen LogP contribution < -0.4 is 4.74 Å². The number of benzene rings is 1. The first-order valence-electron chi connectivity index (χ1n) is 3.58. The van der Waals surface area contributed by atoms with E-state index in [1.807, 2.05) is 19.1 Å². The molecule has 12 heavy (non-hydrogen) atoms. The second kappa shape index (κ2) is 4.15. The third-order valence-electron chi connectivity index (χ3n) is 1.68. The van der Waals surface area contributed by atoms with Crippen molar-refractivity contribution in [2.75, 3.05) is 7.11 Å². The van der Waals surface area contributed by atoms with Gasteiger partial charge in [-0.1, -0.05) is 15.9 Å². The highest BCUT2D eigenvalue weighted by molar-refractivity contribution is 9.10. The zero-order chi connectivity index (χ0) is 9.14. The van der Waals surface area contributed by atoms with Crippen molar-refractivity contribution in [2.24, 2.45) is 0 Å². The fraction of sp³-hybridized carbons (Fsp3) is 0.333. The molecule has 0 aromatic heterocycles. The SMILES string of the molecule is COc1cc(C)c(Br)c(CCl)c1. The summed E-state index contributed by atoms with van der Waals surface area (Å²) in [5.74, 6) is 1.35. The number of aryl methyl sites for hydroxylation is 1. The summed E-state index contributed by atoms with van der Waals surface area (Å²) in [7, 11) is 1.65. The summed E-state index contributed by atoms with van der Waals surface area (Å²) in [4.78, 5) is 0. The third-order valence-corrected chi connectivity index (χ3v) is 3.11. The summed E-state index contributed by atoms with van der Waals surface area (Å²) in [6, 6.07) is 3.91. The average Bonchev–Trinajstić information content (AvgIpc) is 2.09. The minimum atomic E-state index is 0.499. The molecular formula is C9H10BrClO. The van der Waals surface area contributed by atoms with Crippen LogP contribution in [0.4, 0.5) is 0 Å². The number of ether oxygens (including phenoxy) is 1. The number of hydrogen-bond donors (Lipinski definition) is 0. The van der Waals surface area contributed by atoms with E-state index in [1.54, 1.807) is 7.11 Å². The Morgan fingerprint density at radius 1 is 1.50 bits per heavy atom. The summed E-state index contributed by atoms with van der Waals surface area (Å²) >= 11 is 9.21. The molecule has 3 heteroatoms. The van der Waals surface area contributed by atoms with Crippen molar-refractivity contribution in [3.63, 3.8) is 0 Å². The van der Waals surface area contributed by atoms with E-state index in [-0.39, 0.29) is 0 Å². The molecule has 0 N–H and O–H groups in total. The van der Waals surface area contributed by atoms with E-state index < -0.39 is 0 Å². The number of alkyl halides is 1. The molecule has 0 fully saturated rings. The number of halogens is 2. The van der Waals surface area contributed by atoms with E-state index in [0.29, 0.717) is 5.88 Å². The van der Waals surface area contributed by atoms with Crippen molar-refractivity contribution in [3.8, 4) is 5.75 Å². The molecule has 0 unspecified atom stereocenters. The zero-order valence-electron chi connectivity index (χ0n) is 7.03. The lowest BCUT2D eigenvalue weighted by Gasteiger charge is -2.07. The molecule has 0 aliphatic carbocycles. The second-order valence-corrected chi connectivity index (χ2v) is 3.61. The highest BCUT2D eigenvalue weighted by atomic mass is 79.9. The van der Waals surface area contributed by atoms with E-state index in [2.05, 4.69) is 15.9 Å². The number of rotatable bonds is 2. The molecule has 1 rings (SSSR count). The standard InChI is InChI=1S/C9H10BrClO/c1-6-3-8(12-2)4-7(5-11)9(6)10/h3-4H,5H2,1-2H3. The van der Waals surface area contributed by atoms with E-state index in [1.165, 1.54) is 0 Å². The van der Waals surface area contributed by atoms with Crippen LogP contribution in [0, 0.1) is 6.92 Å². The molecule has 0 saturated heterocycles. The van der Waals surface area contributed by atoms with Gasteiger partial charge in [-0.05, 0) is 30.2 Å². The lowest BCUT2D eigenvalue weighted by atomic mass is 10.1. The van der Waals surface area contributed by atoms with Crippen molar-refractivity contribution in [3.05, 3.63) is 27.7 Å². The lowest BCUT2D eigenvalue weighted by molar-refractivity contribution is 0.414. The molecule has 0 heterocycles. The maximum absolute atomic E-state index is 5.75. The van der Waals surface area contributed by atoms with Crippen LogP contribution in [0.5, 0.6) is 5.75 Å². The van der Waals surface area contributed by atoms with Gasteiger partial charge in [-0.15, -0.1) is 11.6 Å². The first-order valence-corrected chi connectivity index (χ1v) is 4.90. The zero-order valence-corrected chi connectivity index (χ0v) is 9.37. The Morgan fingerprint density at radius 3 is 2.67 bits per heavy atom. The molecule has 0 atom stereocenters. The molecular weight excluding hydrogens is 239 g/mol. The normalized spacial score (nSPS) is 10.0. The van der Waals surface area contributed by atoms with Crippen molar-refractivity contribution >= 4 is 27.5 Å². The molecule has 0 spiro atoms. The van der Waals surface area contributed by atoms with Crippen LogP contribution in [-0.2, 0) is 5.88 Å². The minimum absolute atomic E-state index is 0.499. The summed E-state index contributed by atoms with van der Waals surface area (Å²) < 4.78 is 6.18. The Balaban J connectivity index is 3.19. The second-order valence-electron chi connectivity index (χ2n) is 2.55. The molecule has 66 valence electrons. The van der Waals surface area contributed by atoms with Gasteiger partial charge in [0.25, 0.3) is 0 Å². The van der Waals surface area contributed by atoms with Crippen molar-refractivity contribution in [1.29, 1.82) is 0 Å². The molecule has 0 aliphatic rings. The van der Waals surface area contributed by atoms with Gasteiger partial charge in [-0.2, -0.15) is 0 Å². The van der Waals surface area contributed by atoms with Gasteiger partial charge in [0.2, 0.25) is 0 Å². The quantitative estimate of drug-likeness (QED) is 0.729. The summed E-state index contributed by atoms with van der Waals surface area (Å²) in [5, 5.41) is 0.